The zero-order chi connectivity index (χ0) is 23.8. The van der Waals surface area contributed by atoms with Gasteiger partial charge in [0.1, 0.15) is 16.8 Å². The second kappa shape index (κ2) is 10.9. The van der Waals surface area contributed by atoms with E-state index in [1.807, 2.05) is 13.8 Å². The number of nitrogens with one attached hydrogen (secondary N) is 1. The third kappa shape index (κ3) is 5.67. The van der Waals surface area contributed by atoms with Gasteiger partial charge >= 0.3 is 0 Å². The lowest BCUT2D eigenvalue weighted by Gasteiger charge is -2.17. The SMILES string of the molecule is CCOc1ccc(C(=O)NCC(c2ccco2)S(=O)(=O)c2ccc(OC)cc2)cc1OCC. The first-order chi connectivity index (χ1) is 15.9. The second-order valence-electron chi connectivity index (χ2n) is 6.96. The Hall–Kier alpha value is -3.46. The van der Waals surface area contributed by atoms with E-state index < -0.39 is 21.0 Å². The Kier molecular flexibility index (Phi) is 8.00. The van der Waals surface area contributed by atoms with Crippen LogP contribution in [-0.2, 0) is 9.84 Å². The molecule has 0 saturated heterocycles. The summed E-state index contributed by atoms with van der Waals surface area (Å²) in [6, 6.07) is 14.1. The predicted molar refractivity (Wildman–Crippen MR) is 123 cm³/mol. The van der Waals surface area contributed by atoms with Crippen LogP contribution >= 0.6 is 0 Å². The normalized spacial score (nSPS) is 12.1. The average molecular weight is 474 g/mol. The van der Waals surface area contributed by atoms with Gasteiger partial charge in [0, 0.05) is 12.1 Å². The molecule has 1 unspecified atom stereocenters. The van der Waals surface area contributed by atoms with Crippen LogP contribution < -0.4 is 19.5 Å². The fourth-order valence-electron chi connectivity index (χ4n) is 3.25. The molecule has 0 saturated carbocycles. The van der Waals surface area contributed by atoms with Gasteiger partial charge in [-0.25, -0.2) is 8.42 Å². The lowest BCUT2D eigenvalue weighted by molar-refractivity contribution is 0.0952. The molecule has 33 heavy (non-hydrogen) atoms. The second-order valence-corrected chi connectivity index (χ2v) is 9.09. The molecule has 0 aliphatic rings. The van der Waals surface area contributed by atoms with Gasteiger partial charge < -0.3 is 23.9 Å². The minimum absolute atomic E-state index is 0.0960. The maximum absolute atomic E-state index is 13.3. The van der Waals surface area contributed by atoms with Gasteiger partial charge in [-0.15, -0.1) is 0 Å². The molecule has 0 fully saturated rings. The van der Waals surface area contributed by atoms with Gasteiger partial charge in [0.25, 0.3) is 5.91 Å². The van der Waals surface area contributed by atoms with Crippen molar-refractivity contribution in [2.75, 3.05) is 26.9 Å². The molecule has 3 rings (SSSR count). The number of carbonyl (C=O) groups excluding carboxylic acids is 1. The van der Waals surface area contributed by atoms with E-state index in [4.69, 9.17) is 18.6 Å². The Labute approximate surface area is 193 Å². The Morgan fingerprint density at radius 1 is 1.00 bits per heavy atom. The Morgan fingerprint density at radius 2 is 1.70 bits per heavy atom. The summed E-state index contributed by atoms with van der Waals surface area (Å²) in [4.78, 5) is 12.9. The van der Waals surface area contributed by atoms with E-state index in [1.165, 1.54) is 25.5 Å². The van der Waals surface area contributed by atoms with Crippen LogP contribution in [0.4, 0.5) is 0 Å². The molecular weight excluding hydrogens is 446 g/mol. The number of hydrogen-bond acceptors (Lipinski definition) is 7. The quantitative estimate of drug-likeness (QED) is 0.448. The molecule has 1 atom stereocenters. The summed E-state index contributed by atoms with van der Waals surface area (Å²) in [7, 11) is -2.36. The highest BCUT2D eigenvalue weighted by Crippen LogP contribution is 2.31. The van der Waals surface area contributed by atoms with Crippen molar-refractivity contribution in [2.45, 2.75) is 24.0 Å². The van der Waals surface area contributed by atoms with Crippen molar-refractivity contribution in [1.29, 1.82) is 0 Å². The van der Waals surface area contributed by atoms with Crippen LogP contribution in [0.3, 0.4) is 0 Å². The molecule has 176 valence electrons. The van der Waals surface area contributed by atoms with Gasteiger partial charge in [-0.3, -0.25) is 4.79 Å². The van der Waals surface area contributed by atoms with Crippen LogP contribution in [0.2, 0.25) is 0 Å². The highest BCUT2D eigenvalue weighted by molar-refractivity contribution is 7.91. The molecule has 0 spiro atoms. The van der Waals surface area contributed by atoms with Crippen LogP contribution in [-0.4, -0.2) is 41.2 Å². The summed E-state index contributed by atoms with van der Waals surface area (Å²) in [5, 5.41) is 1.60. The molecule has 0 bridgehead atoms. The number of ether oxygens (including phenoxy) is 3. The van der Waals surface area contributed by atoms with Crippen LogP contribution in [0.1, 0.15) is 35.2 Å². The molecule has 0 radical (unpaired) electrons. The van der Waals surface area contributed by atoms with Crippen LogP contribution in [0.25, 0.3) is 0 Å². The van der Waals surface area contributed by atoms with Gasteiger partial charge in [0.15, 0.2) is 21.3 Å². The zero-order valence-corrected chi connectivity index (χ0v) is 19.6. The summed E-state index contributed by atoms with van der Waals surface area (Å²) in [5.74, 6) is 1.30. The topological polar surface area (TPSA) is 104 Å². The van der Waals surface area contributed by atoms with E-state index in [2.05, 4.69) is 5.32 Å². The number of amides is 1. The van der Waals surface area contributed by atoms with Crippen LogP contribution in [0.15, 0.2) is 70.2 Å². The molecule has 1 aromatic heterocycles. The predicted octanol–water partition coefficient (Wildman–Crippen LogP) is 4.03. The number of carbonyl (C=O) groups is 1. The Balaban J connectivity index is 1.83. The molecular formula is C24H27NO7S. The summed E-state index contributed by atoms with van der Waals surface area (Å²) < 4.78 is 48.3. The smallest absolute Gasteiger partial charge is 0.251 e. The monoisotopic (exact) mass is 473 g/mol. The molecule has 9 heteroatoms. The fourth-order valence-corrected chi connectivity index (χ4v) is 4.83. The standard InChI is InChI=1S/C24H27NO7S/c1-4-30-20-13-8-17(15-22(20)31-5-2)24(26)25-16-23(21-7-6-14-32-21)33(27,28)19-11-9-18(29-3)10-12-19/h6-15,23H,4-5,16H2,1-3H3,(H,25,26). The number of furan rings is 1. The lowest BCUT2D eigenvalue weighted by Crippen LogP contribution is -2.31. The highest BCUT2D eigenvalue weighted by Gasteiger charge is 2.32. The number of hydrogen-bond donors (Lipinski definition) is 1. The molecule has 1 amide bonds. The minimum atomic E-state index is -3.87. The molecule has 8 nitrogen and oxygen atoms in total. The summed E-state index contributed by atoms with van der Waals surface area (Å²) >= 11 is 0. The maximum atomic E-state index is 13.3. The number of rotatable bonds is 11. The number of benzene rings is 2. The van der Waals surface area contributed by atoms with Crippen LogP contribution in [0.5, 0.6) is 17.2 Å². The van der Waals surface area contributed by atoms with E-state index in [1.54, 1.807) is 42.5 Å². The Bertz CT molecular complexity index is 1160. The lowest BCUT2D eigenvalue weighted by atomic mass is 10.2. The fraction of sp³-hybridized carbons (Fsp3) is 0.292. The Morgan fingerprint density at radius 3 is 2.30 bits per heavy atom. The first-order valence-corrected chi connectivity index (χ1v) is 12.0. The van der Waals surface area contributed by atoms with Gasteiger partial charge in [-0.1, -0.05) is 0 Å². The number of methoxy groups -OCH3 is 1. The van der Waals surface area contributed by atoms with E-state index in [0.29, 0.717) is 36.0 Å². The highest BCUT2D eigenvalue weighted by atomic mass is 32.2. The molecule has 3 aromatic rings. The van der Waals surface area contributed by atoms with Gasteiger partial charge in [-0.05, 0) is 68.4 Å². The molecule has 1 heterocycles. The van der Waals surface area contributed by atoms with E-state index in [9.17, 15) is 13.2 Å². The van der Waals surface area contributed by atoms with Crippen molar-refractivity contribution in [2.24, 2.45) is 0 Å². The molecule has 1 N–H and O–H groups in total. The zero-order valence-electron chi connectivity index (χ0n) is 18.7. The van der Waals surface area contributed by atoms with Crippen molar-refractivity contribution in [3.05, 3.63) is 72.2 Å². The molecule has 0 aliphatic carbocycles. The molecule has 2 aromatic carbocycles. The first kappa shape index (κ1) is 24.2. The average Bonchev–Trinajstić information content (AvgIpc) is 3.35. The summed E-state index contributed by atoms with van der Waals surface area (Å²) in [5.41, 5.74) is 0.321. The molecule has 0 aliphatic heterocycles. The summed E-state index contributed by atoms with van der Waals surface area (Å²) in [6.45, 7) is 4.37. The largest absolute Gasteiger partial charge is 0.497 e. The van der Waals surface area contributed by atoms with Crippen molar-refractivity contribution < 1.29 is 31.8 Å². The van der Waals surface area contributed by atoms with Gasteiger partial charge in [0.05, 0.1) is 31.5 Å². The number of sulfone groups is 1. The van der Waals surface area contributed by atoms with Gasteiger partial charge in [0.2, 0.25) is 0 Å². The maximum Gasteiger partial charge on any atom is 0.251 e. The van der Waals surface area contributed by atoms with E-state index >= 15 is 0 Å². The first-order valence-electron chi connectivity index (χ1n) is 10.5. The van der Waals surface area contributed by atoms with Crippen molar-refractivity contribution >= 4 is 15.7 Å². The minimum Gasteiger partial charge on any atom is -0.497 e. The van der Waals surface area contributed by atoms with Crippen molar-refractivity contribution in [3.8, 4) is 17.2 Å². The van der Waals surface area contributed by atoms with E-state index in [-0.39, 0.29) is 17.2 Å². The van der Waals surface area contributed by atoms with E-state index in [0.717, 1.165) is 0 Å². The van der Waals surface area contributed by atoms with Crippen molar-refractivity contribution in [1.82, 2.24) is 5.32 Å². The van der Waals surface area contributed by atoms with Crippen LogP contribution in [0, 0.1) is 0 Å². The van der Waals surface area contributed by atoms with Gasteiger partial charge in [-0.2, -0.15) is 0 Å². The third-order valence-corrected chi connectivity index (χ3v) is 6.95. The third-order valence-electron chi connectivity index (χ3n) is 4.88. The van der Waals surface area contributed by atoms with Crippen molar-refractivity contribution in [3.63, 3.8) is 0 Å². The summed E-state index contributed by atoms with van der Waals surface area (Å²) in [6.07, 6.45) is 1.40.